The molecule has 0 rings (SSSR count). The number of hydrogen-bond donors (Lipinski definition) is 1. The first-order chi connectivity index (χ1) is 2.00. The van der Waals surface area contributed by atoms with E-state index in [4.69, 9.17) is 4.55 Å². The zero-order valence-electron chi connectivity index (χ0n) is 4.67. The molecule has 0 heterocycles. The van der Waals surface area contributed by atoms with Crippen LogP contribution in [0.25, 0.3) is 0 Å². The summed E-state index contributed by atoms with van der Waals surface area (Å²) in [5.41, 5.74) is 0. The van der Waals surface area contributed by atoms with Gasteiger partial charge in [-0.05, 0) is 0 Å². The minimum atomic E-state index is -3.67. The van der Waals surface area contributed by atoms with Crippen molar-refractivity contribution < 1.29 is 34.9 Å². The number of hydrogen-bond acceptors (Lipinski definition) is 2. The Balaban J connectivity index is -0.0000000133. The minimum Gasteiger partial charge on any atom is -0.412 e. The highest BCUT2D eigenvalue weighted by Gasteiger charge is 1.81. The van der Waals surface area contributed by atoms with Gasteiger partial charge in [0.25, 0.3) is 10.1 Å². The lowest BCUT2D eigenvalue weighted by Gasteiger charge is -1.69. The summed E-state index contributed by atoms with van der Waals surface area (Å²) in [5.74, 6) is 0. The second kappa shape index (κ2) is 10.7. The molecule has 64 valence electrons. The van der Waals surface area contributed by atoms with Crippen LogP contribution in [-0.2, 0) is 10.1 Å². The third-order valence-electron chi connectivity index (χ3n) is 0. The lowest BCUT2D eigenvalue weighted by molar-refractivity contribution is 0.490. The molecule has 0 amide bonds. The van der Waals surface area contributed by atoms with Gasteiger partial charge in [-0.2, -0.15) is 8.42 Å². The molecule has 9 heavy (non-hydrogen) atoms. The Bertz CT molecular complexity index is 92.1. The molecule has 0 fully saturated rings. The van der Waals surface area contributed by atoms with Crippen molar-refractivity contribution in [1.82, 2.24) is 0 Å². The fourth-order valence-electron chi connectivity index (χ4n) is 0. The smallest absolute Gasteiger partial charge is 0.261 e. The fraction of sp³-hybridized carbons (Fsp3) is 1.00. The van der Waals surface area contributed by atoms with Gasteiger partial charge in [-0.3, -0.25) is 4.55 Å². The van der Waals surface area contributed by atoms with Gasteiger partial charge in [-0.1, -0.05) is 0 Å². The second-order valence-corrected chi connectivity index (χ2v) is 2.20. The van der Waals surface area contributed by atoms with Gasteiger partial charge in [0.15, 0.2) is 0 Å². The van der Waals surface area contributed by atoms with E-state index in [0.717, 1.165) is 0 Å². The summed E-state index contributed by atoms with van der Waals surface area (Å²) in [7, 11) is -3.67. The van der Waals surface area contributed by atoms with Crippen molar-refractivity contribution >= 4 is 10.1 Å². The summed E-state index contributed by atoms with van der Waals surface area (Å²) >= 11 is 0. The quantitative estimate of drug-likeness (QED) is 0.364. The van der Waals surface area contributed by atoms with Crippen molar-refractivity contribution in [2.45, 2.75) is 0 Å². The first-order valence-electron chi connectivity index (χ1n) is 0.924. The molecule has 0 unspecified atom stereocenters. The lowest BCUT2D eigenvalue weighted by Crippen LogP contribution is -1.88. The van der Waals surface area contributed by atoms with Crippen LogP contribution >= 0.6 is 0 Å². The molecule has 0 aromatic rings. The SMILES string of the molecule is CS(=O)(=O)O.O.O.O.O. The molecule has 0 radical (unpaired) electrons. The Morgan fingerprint density at radius 1 is 1.00 bits per heavy atom. The van der Waals surface area contributed by atoms with Gasteiger partial charge in [0, 0.05) is 0 Å². The van der Waals surface area contributed by atoms with Crippen LogP contribution in [0.2, 0.25) is 0 Å². The van der Waals surface area contributed by atoms with Crippen molar-refractivity contribution in [3.05, 3.63) is 0 Å². The molecular formula is CH12O7S. The lowest BCUT2D eigenvalue weighted by atomic mass is 12.0. The van der Waals surface area contributed by atoms with E-state index in [-0.39, 0.29) is 21.9 Å². The molecule has 0 aliphatic heterocycles. The van der Waals surface area contributed by atoms with E-state index < -0.39 is 10.1 Å². The Labute approximate surface area is 52.3 Å². The van der Waals surface area contributed by atoms with Gasteiger partial charge in [-0.15, -0.1) is 0 Å². The molecular weight excluding hydrogens is 156 g/mol. The second-order valence-electron chi connectivity index (χ2n) is 0.733. The molecule has 0 spiro atoms. The Kier molecular flexibility index (Phi) is 44.3. The Morgan fingerprint density at radius 2 is 1.00 bits per heavy atom. The maximum Gasteiger partial charge on any atom is 0.261 e. The predicted molar refractivity (Wildman–Crippen MR) is 31.9 cm³/mol. The maximum absolute atomic E-state index is 9.19. The topological polar surface area (TPSA) is 180 Å². The first-order valence-corrected chi connectivity index (χ1v) is 2.77. The van der Waals surface area contributed by atoms with E-state index in [9.17, 15) is 8.42 Å². The van der Waals surface area contributed by atoms with Crippen LogP contribution in [0.3, 0.4) is 0 Å². The predicted octanol–water partition coefficient (Wildman–Crippen LogP) is -3.79. The molecule has 0 saturated heterocycles. The van der Waals surface area contributed by atoms with E-state index >= 15 is 0 Å². The monoisotopic (exact) mass is 168 g/mol. The summed E-state index contributed by atoms with van der Waals surface area (Å²) in [6, 6.07) is 0. The Hall–Kier alpha value is -0.250. The molecule has 0 aromatic carbocycles. The van der Waals surface area contributed by atoms with Crippen LogP contribution in [0.15, 0.2) is 0 Å². The molecule has 0 bridgehead atoms. The zero-order chi connectivity index (χ0) is 4.50. The van der Waals surface area contributed by atoms with E-state index in [2.05, 4.69) is 0 Å². The third kappa shape index (κ3) is 4100. The summed E-state index contributed by atoms with van der Waals surface area (Å²) in [6.45, 7) is 0. The average Bonchev–Trinajstić information content (AvgIpc) is 0.722. The minimum absolute atomic E-state index is 0. The molecule has 7 nitrogen and oxygen atoms in total. The van der Waals surface area contributed by atoms with Gasteiger partial charge in [0.1, 0.15) is 0 Å². The van der Waals surface area contributed by atoms with Gasteiger partial charge in [0.05, 0.1) is 6.26 Å². The van der Waals surface area contributed by atoms with Crippen molar-refractivity contribution in [2.24, 2.45) is 0 Å². The summed E-state index contributed by atoms with van der Waals surface area (Å²) in [4.78, 5) is 0. The van der Waals surface area contributed by atoms with E-state index in [0.29, 0.717) is 6.26 Å². The highest BCUT2D eigenvalue weighted by Crippen LogP contribution is 1.60. The van der Waals surface area contributed by atoms with Gasteiger partial charge in [0.2, 0.25) is 0 Å². The average molecular weight is 168 g/mol. The third-order valence-corrected chi connectivity index (χ3v) is 0. The summed E-state index contributed by atoms with van der Waals surface area (Å²) < 4.78 is 25.9. The molecule has 0 aliphatic carbocycles. The van der Waals surface area contributed by atoms with Gasteiger partial charge in [-0.25, -0.2) is 0 Å². The van der Waals surface area contributed by atoms with Crippen molar-refractivity contribution in [1.29, 1.82) is 0 Å². The molecule has 0 saturated carbocycles. The van der Waals surface area contributed by atoms with Crippen LogP contribution in [-0.4, -0.2) is 41.1 Å². The molecule has 0 aromatic heterocycles. The summed E-state index contributed by atoms with van der Waals surface area (Å²) in [5, 5.41) is 0. The van der Waals surface area contributed by atoms with Crippen LogP contribution in [0.4, 0.5) is 0 Å². The fourth-order valence-corrected chi connectivity index (χ4v) is 0. The molecule has 0 aliphatic rings. The zero-order valence-corrected chi connectivity index (χ0v) is 5.49. The van der Waals surface area contributed by atoms with E-state index in [1.807, 2.05) is 0 Å². The van der Waals surface area contributed by atoms with Crippen LogP contribution in [0, 0.1) is 0 Å². The molecule has 0 atom stereocenters. The normalized spacial score (nSPS) is 6.44. The number of rotatable bonds is 0. The van der Waals surface area contributed by atoms with Crippen LogP contribution < -0.4 is 0 Å². The van der Waals surface area contributed by atoms with Gasteiger partial charge < -0.3 is 21.9 Å². The highest BCUT2D eigenvalue weighted by atomic mass is 32.2. The Morgan fingerprint density at radius 3 is 1.00 bits per heavy atom. The first kappa shape index (κ1) is 37.4. The highest BCUT2D eigenvalue weighted by molar-refractivity contribution is 7.85. The van der Waals surface area contributed by atoms with Crippen LogP contribution in [0.5, 0.6) is 0 Å². The van der Waals surface area contributed by atoms with Gasteiger partial charge >= 0.3 is 0 Å². The van der Waals surface area contributed by atoms with E-state index in [1.165, 1.54) is 0 Å². The maximum atomic E-state index is 9.19. The van der Waals surface area contributed by atoms with Crippen molar-refractivity contribution in [3.63, 3.8) is 0 Å². The molecule has 9 N–H and O–H groups in total. The van der Waals surface area contributed by atoms with Crippen molar-refractivity contribution in [3.8, 4) is 0 Å². The van der Waals surface area contributed by atoms with E-state index in [1.54, 1.807) is 0 Å². The summed E-state index contributed by atoms with van der Waals surface area (Å²) in [6.07, 6.45) is 0.715. The van der Waals surface area contributed by atoms with Crippen LogP contribution in [0.1, 0.15) is 0 Å². The van der Waals surface area contributed by atoms with Crippen molar-refractivity contribution in [2.75, 3.05) is 6.26 Å². The molecule has 8 heteroatoms. The standard InChI is InChI=1S/CH4O3S.4H2O/c1-5(2,3)4;;;;/h1H3,(H,2,3,4);4*1H2. The largest absolute Gasteiger partial charge is 0.412 e.